The number of rotatable bonds is 5. The Balaban J connectivity index is 1.72. The molecule has 26 heavy (non-hydrogen) atoms. The van der Waals surface area contributed by atoms with Crippen molar-refractivity contribution >= 4 is 27.1 Å². The van der Waals surface area contributed by atoms with Gasteiger partial charge in [0.2, 0.25) is 0 Å². The molecular formula is C20H24N2O3S. The van der Waals surface area contributed by atoms with Gasteiger partial charge >= 0.3 is 0 Å². The van der Waals surface area contributed by atoms with Crippen molar-refractivity contribution < 1.29 is 13.2 Å². The van der Waals surface area contributed by atoms with Crippen LogP contribution in [0.4, 0.5) is 11.4 Å². The van der Waals surface area contributed by atoms with Crippen molar-refractivity contribution in [2.45, 2.75) is 20.3 Å². The molecular weight excluding hydrogens is 348 g/mol. The van der Waals surface area contributed by atoms with Gasteiger partial charge in [-0.1, -0.05) is 24.3 Å². The van der Waals surface area contributed by atoms with Gasteiger partial charge < -0.3 is 10.6 Å². The highest BCUT2D eigenvalue weighted by atomic mass is 32.2. The van der Waals surface area contributed by atoms with Gasteiger partial charge in [-0.2, -0.15) is 0 Å². The number of carbonyl (C=O) groups excluding carboxylic acids is 1. The van der Waals surface area contributed by atoms with Crippen LogP contribution < -0.4 is 10.6 Å². The number of carbonyl (C=O) groups is 1. The van der Waals surface area contributed by atoms with E-state index in [0.717, 1.165) is 16.9 Å². The van der Waals surface area contributed by atoms with Crippen molar-refractivity contribution in [2.24, 2.45) is 5.92 Å². The summed E-state index contributed by atoms with van der Waals surface area (Å²) in [5.41, 5.74) is 4.57. The fourth-order valence-electron chi connectivity index (χ4n) is 3.19. The van der Waals surface area contributed by atoms with Crippen LogP contribution in [0.15, 0.2) is 42.5 Å². The molecule has 1 aliphatic heterocycles. The fourth-order valence-corrected chi connectivity index (χ4v) is 5.05. The van der Waals surface area contributed by atoms with Gasteiger partial charge in [-0.05, 0) is 55.5 Å². The minimum Gasteiger partial charge on any atom is -0.355 e. The summed E-state index contributed by atoms with van der Waals surface area (Å²) in [5.74, 6) is 0.194. The summed E-state index contributed by atoms with van der Waals surface area (Å²) in [6, 6.07) is 13.4. The predicted molar refractivity (Wildman–Crippen MR) is 105 cm³/mol. The summed E-state index contributed by atoms with van der Waals surface area (Å²) in [5, 5.41) is 6.23. The van der Waals surface area contributed by atoms with Crippen LogP contribution in [0.2, 0.25) is 0 Å². The average molecular weight is 372 g/mol. The quantitative estimate of drug-likeness (QED) is 0.845. The summed E-state index contributed by atoms with van der Waals surface area (Å²) < 4.78 is 23.1. The standard InChI is InChI=1S/C20H24N2O3S/c1-14-6-5-9-18(15(14)2)22-19-8-4-3-7-17(19)20(23)21-12-16-10-11-26(24,25)13-16/h3-9,16,22H,10-13H2,1-2H3,(H,21,23). The van der Waals surface area contributed by atoms with E-state index in [-0.39, 0.29) is 23.3 Å². The van der Waals surface area contributed by atoms with E-state index in [1.165, 1.54) is 5.56 Å². The largest absolute Gasteiger partial charge is 0.355 e. The van der Waals surface area contributed by atoms with Crippen LogP contribution in [0, 0.1) is 19.8 Å². The molecule has 1 aliphatic rings. The van der Waals surface area contributed by atoms with Gasteiger partial charge in [0.1, 0.15) is 0 Å². The monoisotopic (exact) mass is 372 g/mol. The zero-order valence-electron chi connectivity index (χ0n) is 15.1. The normalized spacial score (nSPS) is 18.5. The highest BCUT2D eigenvalue weighted by Gasteiger charge is 2.28. The van der Waals surface area contributed by atoms with E-state index in [1.807, 2.05) is 37.3 Å². The number of hydrogen-bond donors (Lipinski definition) is 2. The highest BCUT2D eigenvalue weighted by molar-refractivity contribution is 7.91. The zero-order valence-corrected chi connectivity index (χ0v) is 15.9. The Labute approximate surface area is 154 Å². The van der Waals surface area contributed by atoms with Crippen molar-refractivity contribution in [2.75, 3.05) is 23.4 Å². The number of amides is 1. The lowest BCUT2D eigenvalue weighted by atomic mass is 10.1. The summed E-state index contributed by atoms with van der Waals surface area (Å²) in [7, 11) is -2.93. The Morgan fingerprint density at radius 2 is 1.81 bits per heavy atom. The molecule has 2 N–H and O–H groups in total. The highest BCUT2D eigenvalue weighted by Crippen LogP contribution is 2.25. The van der Waals surface area contributed by atoms with Crippen LogP contribution >= 0.6 is 0 Å². The molecule has 1 unspecified atom stereocenters. The molecule has 0 aliphatic carbocycles. The molecule has 5 nitrogen and oxygen atoms in total. The number of hydrogen-bond acceptors (Lipinski definition) is 4. The number of para-hydroxylation sites is 1. The van der Waals surface area contributed by atoms with Gasteiger partial charge in [-0.25, -0.2) is 8.42 Å². The van der Waals surface area contributed by atoms with Crippen molar-refractivity contribution in [3.8, 4) is 0 Å². The van der Waals surface area contributed by atoms with Gasteiger partial charge in [-0.3, -0.25) is 4.79 Å². The van der Waals surface area contributed by atoms with Gasteiger partial charge in [0.05, 0.1) is 22.8 Å². The van der Waals surface area contributed by atoms with Crippen molar-refractivity contribution in [3.05, 3.63) is 59.2 Å². The Hall–Kier alpha value is -2.34. The van der Waals surface area contributed by atoms with E-state index in [4.69, 9.17) is 0 Å². The third kappa shape index (κ3) is 4.25. The molecule has 6 heteroatoms. The minimum absolute atomic E-state index is 0.00286. The Morgan fingerprint density at radius 1 is 1.08 bits per heavy atom. The SMILES string of the molecule is Cc1cccc(Nc2ccccc2C(=O)NCC2CCS(=O)(=O)C2)c1C. The first kappa shape index (κ1) is 18.5. The third-order valence-corrected chi connectivity index (χ3v) is 6.76. The molecule has 0 bridgehead atoms. The van der Waals surface area contributed by atoms with Crippen LogP contribution in [0.5, 0.6) is 0 Å². The molecule has 1 saturated heterocycles. The number of anilines is 2. The Bertz CT molecular complexity index is 922. The van der Waals surface area contributed by atoms with Crippen LogP contribution in [0.3, 0.4) is 0 Å². The van der Waals surface area contributed by atoms with E-state index >= 15 is 0 Å². The Kier molecular flexibility index (Phi) is 5.32. The summed E-state index contributed by atoms with van der Waals surface area (Å²) >= 11 is 0. The van der Waals surface area contributed by atoms with Crippen LogP contribution in [0.25, 0.3) is 0 Å². The second-order valence-electron chi connectivity index (χ2n) is 6.90. The maximum absolute atomic E-state index is 12.6. The number of nitrogens with one attached hydrogen (secondary N) is 2. The molecule has 0 spiro atoms. The van der Waals surface area contributed by atoms with Gasteiger partial charge in [0, 0.05) is 12.2 Å². The summed E-state index contributed by atoms with van der Waals surface area (Å²) in [6.07, 6.45) is 0.616. The maximum atomic E-state index is 12.6. The van der Waals surface area contributed by atoms with Gasteiger partial charge in [0.25, 0.3) is 5.91 Å². The zero-order chi connectivity index (χ0) is 18.7. The average Bonchev–Trinajstić information content (AvgIpc) is 2.96. The topological polar surface area (TPSA) is 75.3 Å². The predicted octanol–water partition coefficient (Wildman–Crippen LogP) is 3.21. The molecule has 1 atom stereocenters. The molecule has 1 fully saturated rings. The number of sulfone groups is 1. The third-order valence-electron chi connectivity index (χ3n) is 4.92. The lowest BCUT2D eigenvalue weighted by Gasteiger charge is -2.16. The minimum atomic E-state index is -2.93. The van der Waals surface area contributed by atoms with Crippen LogP contribution in [-0.2, 0) is 9.84 Å². The first-order chi connectivity index (χ1) is 12.4. The molecule has 2 aromatic carbocycles. The van der Waals surface area contributed by atoms with Gasteiger partial charge in [-0.15, -0.1) is 0 Å². The van der Waals surface area contributed by atoms with Crippen LogP contribution in [0.1, 0.15) is 27.9 Å². The van der Waals surface area contributed by atoms with Crippen molar-refractivity contribution in [1.29, 1.82) is 0 Å². The molecule has 1 amide bonds. The molecule has 3 rings (SSSR count). The second-order valence-corrected chi connectivity index (χ2v) is 9.13. The van der Waals surface area contributed by atoms with E-state index in [0.29, 0.717) is 18.5 Å². The number of benzene rings is 2. The first-order valence-corrected chi connectivity index (χ1v) is 10.6. The first-order valence-electron chi connectivity index (χ1n) is 8.76. The van der Waals surface area contributed by atoms with E-state index < -0.39 is 9.84 Å². The van der Waals surface area contributed by atoms with E-state index in [1.54, 1.807) is 6.07 Å². The molecule has 2 aromatic rings. The van der Waals surface area contributed by atoms with Gasteiger partial charge in [0.15, 0.2) is 9.84 Å². The van der Waals surface area contributed by atoms with Crippen molar-refractivity contribution in [3.63, 3.8) is 0 Å². The second kappa shape index (κ2) is 7.50. The van der Waals surface area contributed by atoms with Crippen LogP contribution in [-0.4, -0.2) is 32.4 Å². The summed E-state index contributed by atoms with van der Waals surface area (Å²) in [6.45, 7) is 4.48. The summed E-state index contributed by atoms with van der Waals surface area (Å²) in [4.78, 5) is 12.6. The molecule has 138 valence electrons. The van der Waals surface area contributed by atoms with Crippen molar-refractivity contribution in [1.82, 2.24) is 5.32 Å². The molecule has 0 aromatic heterocycles. The fraction of sp³-hybridized carbons (Fsp3) is 0.350. The van der Waals surface area contributed by atoms with E-state index in [2.05, 4.69) is 23.6 Å². The molecule has 0 radical (unpaired) electrons. The molecule has 0 saturated carbocycles. The Morgan fingerprint density at radius 3 is 2.54 bits per heavy atom. The lowest BCUT2D eigenvalue weighted by molar-refractivity contribution is 0.0949. The lowest BCUT2D eigenvalue weighted by Crippen LogP contribution is -2.30. The molecule has 1 heterocycles. The van der Waals surface area contributed by atoms with E-state index in [9.17, 15) is 13.2 Å². The number of aryl methyl sites for hydroxylation is 1. The maximum Gasteiger partial charge on any atom is 0.253 e. The smallest absolute Gasteiger partial charge is 0.253 e.